The molecule has 1 aromatic carbocycles. The van der Waals surface area contributed by atoms with Crippen LogP contribution in [0.15, 0.2) is 24.3 Å². The van der Waals surface area contributed by atoms with Crippen molar-refractivity contribution in [2.45, 2.75) is 0 Å². The van der Waals surface area contributed by atoms with Gasteiger partial charge in [-0.1, -0.05) is 6.07 Å². The zero-order chi connectivity index (χ0) is 18.7. The van der Waals surface area contributed by atoms with Gasteiger partial charge in [0.05, 0.1) is 11.3 Å². The second-order valence-electron chi connectivity index (χ2n) is 4.90. The fraction of sp³-hybridized carbons (Fsp3) is 0.0625. The molecule has 0 radical (unpaired) electrons. The molecule has 124 valence electrons. The first-order valence-electron chi connectivity index (χ1n) is 7.10. The molecule has 2 aromatic heterocycles. The third-order valence-corrected chi connectivity index (χ3v) is 3.35. The van der Waals surface area contributed by atoms with Crippen molar-refractivity contribution in [2.24, 2.45) is 0 Å². The van der Waals surface area contributed by atoms with Gasteiger partial charge in [-0.15, -0.1) is 0 Å². The highest BCUT2D eigenvalue weighted by atomic mass is 16.5. The van der Waals surface area contributed by atoms with Crippen molar-refractivity contribution in [3.63, 3.8) is 0 Å². The molecule has 0 aliphatic carbocycles. The number of aromatic nitrogens is 4. The van der Waals surface area contributed by atoms with Crippen LogP contribution in [-0.4, -0.2) is 32.3 Å². The molecule has 26 heavy (non-hydrogen) atoms. The number of hydrogen-bond acceptors (Lipinski definition) is 9. The maximum Gasteiger partial charge on any atom is 0.339 e. The molecule has 0 amide bonds. The van der Waals surface area contributed by atoms with Crippen LogP contribution in [0.1, 0.15) is 21.9 Å². The summed E-state index contributed by atoms with van der Waals surface area (Å²) < 4.78 is 6.08. The van der Waals surface area contributed by atoms with Crippen molar-refractivity contribution in [3.8, 4) is 23.9 Å². The van der Waals surface area contributed by atoms with E-state index in [1.807, 2.05) is 6.07 Å². The number of nitrogens with zero attached hydrogens (tertiary/aromatic N) is 7. The van der Waals surface area contributed by atoms with E-state index >= 15 is 0 Å². The Labute approximate surface area is 146 Å². The third kappa shape index (κ3) is 2.73. The minimum Gasteiger partial charge on any atom is -0.447 e. The number of esters is 1. The van der Waals surface area contributed by atoms with Crippen molar-refractivity contribution >= 4 is 22.8 Å². The molecule has 0 fully saturated rings. The first kappa shape index (κ1) is 16.4. The molecular weight excluding hydrogens is 336 g/mol. The van der Waals surface area contributed by atoms with E-state index in [9.17, 15) is 10.1 Å². The molecule has 0 aliphatic rings. The summed E-state index contributed by atoms with van der Waals surface area (Å²) in [5.41, 5.74) is 6.83. The highest BCUT2D eigenvalue weighted by Crippen LogP contribution is 2.25. The van der Waals surface area contributed by atoms with Gasteiger partial charge in [-0.05, 0) is 18.2 Å². The average molecular weight is 344 g/mol. The number of nitriles is 3. The average Bonchev–Trinajstić information content (AvgIpc) is 3.05. The first-order valence-corrected chi connectivity index (χ1v) is 7.10. The molecule has 0 bridgehead atoms. The van der Waals surface area contributed by atoms with E-state index in [1.165, 1.54) is 16.8 Å². The van der Waals surface area contributed by atoms with Crippen LogP contribution in [0.4, 0.5) is 5.82 Å². The number of nitrogens with two attached hydrogens (primary N) is 1. The Morgan fingerprint density at radius 1 is 1.23 bits per heavy atom. The van der Waals surface area contributed by atoms with Crippen LogP contribution >= 0.6 is 0 Å². The quantitative estimate of drug-likeness (QED) is 0.676. The van der Waals surface area contributed by atoms with Crippen LogP contribution in [0.5, 0.6) is 0 Å². The predicted molar refractivity (Wildman–Crippen MR) is 86.4 cm³/mol. The number of ether oxygens (including phenoxy) is 1. The smallest absolute Gasteiger partial charge is 0.339 e. The molecule has 0 aliphatic heterocycles. The molecule has 0 saturated heterocycles. The number of fused-ring (bicyclic) bond motifs is 1. The minimum absolute atomic E-state index is 0.0296. The molecule has 0 saturated carbocycles. The lowest BCUT2D eigenvalue weighted by Gasteiger charge is -2.07. The Kier molecular flexibility index (Phi) is 4.13. The van der Waals surface area contributed by atoms with Gasteiger partial charge in [0.1, 0.15) is 29.2 Å². The van der Waals surface area contributed by atoms with Gasteiger partial charge in [-0.3, -0.25) is 0 Å². The second kappa shape index (κ2) is 6.56. The zero-order valence-corrected chi connectivity index (χ0v) is 13.0. The second-order valence-corrected chi connectivity index (χ2v) is 4.90. The van der Waals surface area contributed by atoms with Crippen molar-refractivity contribution < 1.29 is 9.53 Å². The van der Waals surface area contributed by atoms with Gasteiger partial charge in [0.15, 0.2) is 18.1 Å². The molecule has 0 atom stereocenters. The van der Waals surface area contributed by atoms with Crippen LogP contribution in [0, 0.1) is 34.0 Å². The van der Waals surface area contributed by atoms with Crippen LogP contribution in [0.2, 0.25) is 0 Å². The fourth-order valence-electron chi connectivity index (χ4n) is 2.30. The van der Waals surface area contributed by atoms with E-state index in [4.69, 9.17) is 21.0 Å². The Hall–Kier alpha value is -4.49. The summed E-state index contributed by atoms with van der Waals surface area (Å²) in [6, 6.07) is 11.6. The number of anilines is 1. The van der Waals surface area contributed by atoms with Gasteiger partial charge >= 0.3 is 5.97 Å². The van der Waals surface area contributed by atoms with E-state index in [0.29, 0.717) is 5.69 Å². The molecule has 10 heteroatoms. The van der Waals surface area contributed by atoms with Crippen molar-refractivity contribution in [1.82, 2.24) is 19.7 Å². The van der Waals surface area contributed by atoms with Crippen LogP contribution in [0.3, 0.4) is 0 Å². The van der Waals surface area contributed by atoms with E-state index in [-0.39, 0.29) is 40.5 Å². The van der Waals surface area contributed by atoms with Gasteiger partial charge in [0.2, 0.25) is 5.82 Å². The van der Waals surface area contributed by atoms with E-state index in [1.54, 1.807) is 24.3 Å². The minimum atomic E-state index is -0.679. The molecule has 0 spiro atoms. The lowest BCUT2D eigenvalue weighted by atomic mass is 10.2. The van der Waals surface area contributed by atoms with Gasteiger partial charge in [-0.2, -0.15) is 25.9 Å². The Balaban J connectivity index is 2.18. The van der Waals surface area contributed by atoms with E-state index in [0.717, 1.165) is 0 Å². The van der Waals surface area contributed by atoms with Gasteiger partial charge < -0.3 is 10.5 Å². The fourth-order valence-corrected chi connectivity index (χ4v) is 2.30. The van der Waals surface area contributed by atoms with Gasteiger partial charge in [0, 0.05) is 0 Å². The maximum atomic E-state index is 11.9. The standard InChI is InChI=1S/C16H8N8O2/c17-4-5-26-16(25)9-2-1-3-10(6-9)24-14-13(11(7-18)23-24)21-12(8-19)22-15(14)20/h1-3,6H,5H2,(H2,20,21,22). The molecular formula is C16H8N8O2. The Morgan fingerprint density at radius 2 is 2.04 bits per heavy atom. The summed E-state index contributed by atoms with van der Waals surface area (Å²) in [4.78, 5) is 19.8. The molecule has 2 heterocycles. The maximum absolute atomic E-state index is 11.9. The molecule has 10 nitrogen and oxygen atoms in total. The highest BCUT2D eigenvalue weighted by Gasteiger charge is 2.19. The lowest BCUT2D eigenvalue weighted by molar-refractivity contribution is 0.0555. The first-order chi connectivity index (χ1) is 12.6. The van der Waals surface area contributed by atoms with E-state index in [2.05, 4.69) is 15.1 Å². The Bertz CT molecular complexity index is 1160. The van der Waals surface area contributed by atoms with Crippen LogP contribution < -0.4 is 5.73 Å². The topological polar surface area (TPSA) is 167 Å². The number of benzene rings is 1. The monoisotopic (exact) mass is 344 g/mol. The molecule has 0 unspecified atom stereocenters. The molecule has 3 aromatic rings. The van der Waals surface area contributed by atoms with Crippen molar-refractivity contribution in [3.05, 3.63) is 41.3 Å². The lowest BCUT2D eigenvalue weighted by Crippen LogP contribution is -2.07. The highest BCUT2D eigenvalue weighted by molar-refractivity contribution is 5.92. The van der Waals surface area contributed by atoms with E-state index < -0.39 is 5.97 Å². The number of carbonyl (C=O) groups excluding carboxylic acids is 1. The normalized spacial score (nSPS) is 9.88. The summed E-state index contributed by atoms with van der Waals surface area (Å²) in [7, 11) is 0. The number of hydrogen-bond donors (Lipinski definition) is 1. The van der Waals surface area contributed by atoms with Crippen LogP contribution in [-0.2, 0) is 4.74 Å². The molecule has 2 N–H and O–H groups in total. The SMILES string of the molecule is N#CCOC(=O)c1cccc(-n2nc(C#N)c3nc(C#N)nc(N)c32)c1. The van der Waals surface area contributed by atoms with Crippen LogP contribution in [0.25, 0.3) is 16.7 Å². The third-order valence-electron chi connectivity index (χ3n) is 3.35. The predicted octanol–water partition coefficient (Wildman–Crippen LogP) is 0.821. The van der Waals surface area contributed by atoms with Gasteiger partial charge in [-0.25, -0.2) is 14.5 Å². The summed E-state index contributed by atoms with van der Waals surface area (Å²) in [6.07, 6.45) is 0. The van der Waals surface area contributed by atoms with Crippen molar-refractivity contribution in [1.29, 1.82) is 15.8 Å². The summed E-state index contributed by atoms with van der Waals surface area (Å²) in [5.74, 6) is -0.890. The summed E-state index contributed by atoms with van der Waals surface area (Å²) in [6.45, 7) is -0.371. The van der Waals surface area contributed by atoms with Gasteiger partial charge in [0.25, 0.3) is 0 Å². The van der Waals surface area contributed by atoms with Crippen molar-refractivity contribution in [2.75, 3.05) is 12.3 Å². The number of nitrogen functional groups attached to an aromatic ring is 1. The summed E-state index contributed by atoms with van der Waals surface area (Å²) in [5, 5.41) is 30.9. The Morgan fingerprint density at radius 3 is 2.73 bits per heavy atom. The number of carbonyl (C=O) groups is 1. The zero-order valence-electron chi connectivity index (χ0n) is 13.0. The summed E-state index contributed by atoms with van der Waals surface area (Å²) >= 11 is 0. The number of rotatable bonds is 3. The molecule has 3 rings (SSSR count). The largest absolute Gasteiger partial charge is 0.447 e.